The van der Waals surface area contributed by atoms with E-state index in [1.807, 2.05) is 79.7 Å². The zero-order chi connectivity index (χ0) is 36.3. The molecule has 4 aliphatic heterocycles. The standard InChI is InChI=1S/C40H50N4O7/c1-5-42(6-2)29-19-21-30(22-20-29)43-25-14-23-40-34(37(47)44(24-12-13-26-45)36(40)38(43)48)33-31(51-40)17-10-11-18-32(46)41(4)27(3)35(50-39(33)49)28-15-8-7-9-16-28/h7-10,14-17,19-23,27,31,33-36,45H,5-6,11-13,18,24-26H2,1-4H3/b17-10-/t27-,31-,33+,34+,35+,36-,40+/m1/s1. The van der Waals surface area contributed by atoms with Crippen molar-refractivity contribution in [2.75, 3.05) is 49.6 Å². The molecule has 0 radical (unpaired) electrons. The average molecular weight is 699 g/mol. The summed E-state index contributed by atoms with van der Waals surface area (Å²) in [6.45, 7) is 8.19. The Morgan fingerprint density at radius 3 is 2.35 bits per heavy atom. The maximum Gasteiger partial charge on any atom is 0.313 e. The van der Waals surface area contributed by atoms with Crippen molar-refractivity contribution in [3.05, 3.63) is 84.5 Å². The topological polar surface area (TPSA) is 120 Å². The molecule has 2 aromatic carbocycles. The lowest BCUT2D eigenvalue weighted by molar-refractivity contribution is -0.164. The number of anilines is 2. The Kier molecular flexibility index (Phi) is 11.0. The lowest BCUT2D eigenvalue weighted by atomic mass is 9.77. The number of ether oxygens (including phenoxy) is 2. The molecule has 3 amide bonds. The van der Waals surface area contributed by atoms with Crippen LogP contribution in [0.15, 0.2) is 78.9 Å². The second kappa shape index (κ2) is 15.4. The minimum absolute atomic E-state index is 0.0472. The van der Waals surface area contributed by atoms with Crippen LogP contribution in [0.4, 0.5) is 11.4 Å². The van der Waals surface area contributed by atoms with Gasteiger partial charge in [-0.15, -0.1) is 0 Å². The number of nitrogens with zero attached hydrogens (tertiary/aromatic N) is 4. The van der Waals surface area contributed by atoms with Crippen molar-refractivity contribution in [3.63, 3.8) is 0 Å². The lowest BCUT2D eigenvalue weighted by Gasteiger charge is -2.35. The zero-order valence-corrected chi connectivity index (χ0v) is 30.0. The Bertz CT molecular complexity index is 1640. The van der Waals surface area contributed by atoms with Gasteiger partial charge in [-0.2, -0.15) is 0 Å². The van der Waals surface area contributed by atoms with E-state index in [4.69, 9.17) is 9.47 Å². The van der Waals surface area contributed by atoms with E-state index in [0.717, 1.165) is 24.3 Å². The smallest absolute Gasteiger partial charge is 0.313 e. The molecule has 51 heavy (non-hydrogen) atoms. The van der Waals surface area contributed by atoms with E-state index in [-0.39, 0.29) is 43.8 Å². The van der Waals surface area contributed by atoms with Crippen LogP contribution in [0.3, 0.4) is 0 Å². The minimum atomic E-state index is -1.44. The van der Waals surface area contributed by atoms with Crippen LogP contribution >= 0.6 is 0 Å². The first-order valence-electron chi connectivity index (χ1n) is 18.3. The van der Waals surface area contributed by atoms with Crippen molar-refractivity contribution >= 4 is 35.1 Å². The van der Waals surface area contributed by atoms with Gasteiger partial charge in [0.2, 0.25) is 11.8 Å². The summed E-state index contributed by atoms with van der Waals surface area (Å²) in [7, 11) is 1.71. The maximum atomic E-state index is 14.8. The fourth-order valence-electron chi connectivity index (χ4n) is 8.19. The largest absolute Gasteiger partial charge is 0.455 e. The van der Waals surface area contributed by atoms with Crippen molar-refractivity contribution in [2.45, 2.75) is 76.3 Å². The molecule has 0 saturated carbocycles. The number of hydrogen-bond acceptors (Lipinski definition) is 8. The Hall–Kier alpha value is -4.48. The van der Waals surface area contributed by atoms with Crippen LogP contribution in [0.5, 0.6) is 0 Å². The maximum absolute atomic E-state index is 14.8. The number of allylic oxidation sites excluding steroid dienone is 1. The fraction of sp³-hybridized carbons (Fsp3) is 0.500. The summed E-state index contributed by atoms with van der Waals surface area (Å²) in [5.41, 5.74) is 1.03. The Morgan fingerprint density at radius 1 is 0.941 bits per heavy atom. The minimum Gasteiger partial charge on any atom is -0.455 e. The lowest BCUT2D eigenvalue weighted by Crippen LogP contribution is -2.55. The van der Waals surface area contributed by atoms with Crippen molar-refractivity contribution in [2.24, 2.45) is 11.8 Å². The van der Waals surface area contributed by atoms with E-state index >= 15 is 0 Å². The molecule has 2 saturated heterocycles. The second-order valence-corrected chi connectivity index (χ2v) is 13.8. The summed E-state index contributed by atoms with van der Waals surface area (Å²) in [6.07, 6.45) is 7.17. The number of benzene rings is 2. The van der Waals surface area contributed by atoms with Crippen LogP contribution in [-0.2, 0) is 28.7 Å². The van der Waals surface area contributed by atoms with Gasteiger partial charge in [-0.3, -0.25) is 19.2 Å². The SMILES string of the molecule is CCN(CC)c1ccc(N2CC=C[C@]34O[C@@H]5/C=C\CCC(=O)N(C)[C@H](C)[C@@H](c6ccccc6)OC(=O)[C@@H]5[C@H]3C(=O)N(CCCCO)[C@@H]4C2=O)cc1. The molecule has 4 heterocycles. The number of hydrogen-bond donors (Lipinski definition) is 1. The van der Waals surface area contributed by atoms with Crippen LogP contribution in [0.1, 0.15) is 58.1 Å². The fourth-order valence-corrected chi connectivity index (χ4v) is 8.19. The number of likely N-dealkylation sites (N-methyl/N-ethyl adjacent to an activating group) is 1. The summed E-state index contributed by atoms with van der Waals surface area (Å²) >= 11 is 0. The third-order valence-electron chi connectivity index (χ3n) is 11.0. The summed E-state index contributed by atoms with van der Waals surface area (Å²) in [5.74, 6) is -3.43. The number of amides is 3. The summed E-state index contributed by atoms with van der Waals surface area (Å²) < 4.78 is 13.2. The van der Waals surface area contributed by atoms with Crippen LogP contribution in [-0.4, -0.2) is 102 Å². The molecule has 7 atom stereocenters. The first-order chi connectivity index (χ1) is 24.7. The number of likely N-dealkylation sites (tertiary alicyclic amines) is 1. The molecule has 0 bridgehead atoms. The Labute approximate surface area is 300 Å². The van der Waals surface area contributed by atoms with E-state index in [1.165, 1.54) is 0 Å². The number of rotatable bonds is 9. The Morgan fingerprint density at radius 2 is 1.67 bits per heavy atom. The van der Waals surface area contributed by atoms with Gasteiger partial charge in [0.25, 0.3) is 5.91 Å². The molecular weight excluding hydrogens is 648 g/mol. The molecular formula is C40H50N4O7. The number of carbonyl (C=O) groups excluding carboxylic acids is 4. The molecule has 4 aliphatic rings. The molecule has 2 fully saturated rings. The molecule has 1 spiro atoms. The molecule has 1 N–H and O–H groups in total. The number of aliphatic hydroxyl groups is 1. The number of fused-ring (bicyclic) bond motifs is 2. The average Bonchev–Trinajstić information content (AvgIpc) is 3.53. The van der Waals surface area contributed by atoms with Crippen molar-refractivity contribution in [3.8, 4) is 0 Å². The van der Waals surface area contributed by atoms with Gasteiger partial charge in [-0.05, 0) is 69.9 Å². The van der Waals surface area contributed by atoms with Gasteiger partial charge in [-0.25, -0.2) is 0 Å². The number of esters is 1. The van der Waals surface area contributed by atoms with E-state index in [2.05, 4.69) is 18.7 Å². The molecule has 0 aliphatic carbocycles. The van der Waals surface area contributed by atoms with Gasteiger partial charge in [0, 0.05) is 57.6 Å². The molecule has 0 unspecified atom stereocenters. The number of aliphatic hydroxyl groups excluding tert-OH is 1. The van der Waals surface area contributed by atoms with Crippen LogP contribution < -0.4 is 9.80 Å². The highest BCUT2D eigenvalue weighted by Gasteiger charge is 2.71. The molecule has 6 rings (SSSR count). The number of carbonyl (C=O) groups is 4. The summed E-state index contributed by atoms with van der Waals surface area (Å²) in [5, 5.41) is 9.59. The highest BCUT2D eigenvalue weighted by molar-refractivity contribution is 6.05. The second-order valence-electron chi connectivity index (χ2n) is 13.8. The van der Waals surface area contributed by atoms with Gasteiger partial charge in [0.1, 0.15) is 23.7 Å². The number of cyclic esters (lactones) is 1. The van der Waals surface area contributed by atoms with Gasteiger partial charge < -0.3 is 34.2 Å². The van der Waals surface area contributed by atoms with Crippen LogP contribution in [0.2, 0.25) is 0 Å². The number of unbranched alkanes of at least 4 members (excludes halogenated alkanes) is 1. The molecule has 11 nitrogen and oxygen atoms in total. The van der Waals surface area contributed by atoms with Crippen molar-refractivity contribution < 1.29 is 33.8 Å². The van der Waals surface area contributed by atoms with Crippen LogP contribution in [0, 0.1) is 11.8 Å². The zero-order valence-electron chi connectivity index (χ0n) is 30.0. The summed E-state index contributed by atoms with van der Waals surface area (Å²) in [6, 6.07) is 15.6. The monoisotopic (exact) mass is 698 g/mol. The van der Waals surface area contributed by atoms with Gasteiger partial charge in [0.15, 0.2) is 0 Å². The van der Waals surface area contributed by atoms with E-state index < -0.39 is 47.7 Å². The molecule has 11 heteroatoms. The first-order valence-corrected chi connectivity index (χ1v) is 18.3. The van der Waals surface area contributed by atoms with Gasteiger partial charge >= 0.3 is 5.97 Å². The van der Waals surface area contributed by atoms with Crippen LogP contribution in [0.25, 0.3) is 0 Å². The van der Waals surface area contributed by atoms with Gasteiger partial charge in [-0.1, -0.05) is 54.6 Å². The highest BCUT2D eigenvalue weighted by Crippen LogP contribution is 2.53. The Balaban J connectivity index is 1.41. The van der Waals surface area contributed by atoms with E-state index in [0.29, 0.717) is 24.9 Å². The molecule has 0 aromatic heterocycles. The predicted molar refractivity (Wildman–Crippen MR) is 194 cm³/mol. The summed E-state index contributed by atoms with van der Waals surface area (Å²) in [4.78, 5) is 64.4. The molecule has 2 aromatic rings. The molecule has 272 valence electrons. The third kappa shape index (κ3) is 6.69. The van der Waals surface area contributed by atoms with E-state index in [9.17, 15) is 24.3 Å². The normalized spacial score (nSPS) is 30.2. The third-order valence-corrected chi connectivity index (χ3v) is 11.0. The first kappa shape index (κ1) is 36.3. The van der Waals surface area contributed by atoms with E-state index in [1.54, 1.807) is 27.8 Å². The van der Waals surface area contributed by atoms with Gasteiger partial charge in [0.05, 0.1) is 18.1 Å². The van der Waals surface area contributed by atoms with Crippen molar-refractivity contribution in [1.29, 1.82) is 0 Å². The quantitative estimate of drug-likeness (QED) is 0.235. The van der Waals surface area contributed by atoms with Crippen molar-refractivity contribution in [1.82, 2.24) is 9.80 Å². The highest BCUT2D eigenvalue weighted by atomic mass is 16.6. The predicted octanol–water partition coefficient (Wildman–Crippen LogP) is 4.27.